The molecule has 25 heavy (non-hydrogen) atoms. The van der Waals surface area contributed by atoms with Gasteiger partial charge in [0.2, 0.25) is 0 Å². The van der Waals surface area contributed by atoms with Gasteiger partial charge in [-0.3, -0.25) is 5.43 Å². The molecule has 3 aromatic carbocycles. The van der Waals surface area contributed by atoms with Crippen LogP contribution >= 0.6 is 15.9 Å². The van der Waals surface area contributed by atoms with Crippen molar-refractivity contribution in [1.29, 1.82) is 0 Å². The summed E-state index contributed by atoms with van der Waals surface area (Å²) in [6, 6.07) is 26.2. The molecular formula is C21H19BrN2O. The van der Waals surface area contributed by atoms with Crippen molar-refractivity contribution in [1.82, 2.24) is 0 Å². The minimum Gasteiger partial charge on any atom is -0.497 e. The molecule has 0 atom stereocenters. The standard InChI is InChI=1S/C21H19BrN2O/c1-25-18-13-11-17(12-14-18)21(15-16-7-3-2-4-8-16)24-23-20-10-6-5-9-19(20)22/h2-14,23H,15H2,1H3/b24-21+. The van der Waals surface area contributed by atoms with E-state index in [-0.39, 0.29) is 0 Å². The Kier molecular flexibility index (Phi) is 5.86. The van der Waals surface area contributed by atoms with Crippen LogP contribution in [0.15, 0.2) is 88.4 Å². The zero-order valence-corrected chi connectivity index (χ0v) is 15.5. The summed E-state index contributed by atoms with van der Waals surface area (Å²) >= 11 is 3.54. The topological polar surface area (TPSA) is 33.6 Å². The zero-order valence-electron chi connectivity index (χ0n) is 13.9. The highest BCUT2D eigenvalue weighted by Gasteiger charge is 2.07. The third kappa shape index (κ3) is 4.70. The summed E-state index contributed by atoms with van der Waals surface area (Å²) in [6.07, 6.45) is 0.741. The lowest BCUT2D eigenvalue weighted by molar-refractivity contribution is 0.415. The van der Waals surface area contributed by atoms with E-state index in [4.69, 9.17) is 4.74 Å². The number of methoxy groups -OCH3 is 1. The van der Waals surface area contributed by atoms with Crippen LogP contribution in [-0.4, -0.2) is 12.8 Å². The Bertz CT molecular complexity index is 845. The molecule has 0 aromatic heterocycles. The average Bonchev–Trinajstić information content (AvgIpc) is 2.67. The van der Waals surface area contributed by atoms with Crippen LogP contribution in [0, 0.1) is 0 Å². The number of hydrogen-bond acceptors (Lipinski definition) is 3. The molecule has 3 rings (SSSR count). The molecule has 126 valence electrons. The summed E-state index contributed by atoms with van der Waals surface area (Å²) in [7, 11) is 1.67. The van der Waals surface area contributed by atoms with E-state index in [1.165, 1.54) is 5.56 Å². The lowest BCUT2D eigenvalue weighted by Crippen LogP contribution is -2.08. The molecular weight excluding hydrogens is 376 g/mol. The van der Waals surface area contributed by atoms with Gasteiger partial charge in [-0.2, -0.15) is 5.10 Å². The number of hydrazone groups is 1. The predicted molar refractivity (Wildman–Crippen MR) is 107 cm³/mol. The van der Waals surface area contributed by atoms with E-state index in [9.17, 15) is 0 Å². The number of benzene rings is 3. The van der Waals surface area contributed by atoms with E-state index >= 15 is 0 Å². The zero-order chi connectivity index (χ0) is 17.5. The van der Waals surface area contributed by atoms with Crippen LogP contribution in [0.4, 0.5) is 5.69 Å². The van der Waals surface area contributed by atoms with Crippen molar-refractivity contribution in [3.63, 3.8) is 0 Å². The Balaban J connectivity index is 1.90. The second-order valence-electron chi connectivity index (χ2n) is 5.54. The van der Waals surface area contributed by atoms with Gasteiger partial charge < -0.3 is 4.74 Å². The van der Waals surface area contributed by atoms with Crippen molar-refractivity contribution < 1.29 is 4.74 Å². The van der Waals surface area contributed by atoms with Crippen LogP contribution in [0.2, 0.25) is 0 Å². The molecule has 0 heterocycles. The molecule has 0 radical (unpaired) electrons. The van der Waals surface area contributed by atoms with Crippen molar-refractivity contribution >= 4 is 27.3 Å². The van der Waals surface area contributed by atoms with Crippen LogP contribution in [0.5, 0.6) is 5.75 Å². The number of nitrogens with zero attached hydrogens (tertiary/aromatic N) is 1. The molecule has 0 saturated carbocycles. The minimum absolute atomic E-state index is 0.741. The lowest BCUT2D eigenvalue weighted by Gasteiger charge is -2.10. The maximum atomic E-state index is 5.25. The normalized spacial score (nSPS) is 11.2. The number of halogens is 1. The van der Waals surface area contributed by atoms with Crippen LogP contribution in [0.25, 0.3) is 0 Å². The van der Waals surface area contributed by atoms with E-state index < -0.39 is 0 Å². The number of hydrogen-bond donors (Lipinski definition) is 1. The van der Waals surface area contributed by atoms with Crippen molar-refractivity contribution in [3.8, 4) is 5.75 Å². The highest BCUT2D eigenvalue weighted by Crippen LogP contribution is 2.22. The van der Waals surface area contributed by atoms with Gasteiger partial charge in [-0.15, -0.1) is 0 Å². The molecule has 0 unspecified atom stereocenters. The smallest absolute Gasteiger partial charge is 0.118 e. The first-order chi connectivity index (χ1) is 12.3. The van der Waals surface area contributed by atoms with Gasteiger partial charge in [-0.05, 0) is 63.5 Å². The Morgan fingerprint density at radius 2 is 1.60 bits per heavy atom. The molecule has 3 aromatic rings. The van der Waals surface area contributed by atoms with E-state index in [1.807, 2.05) is 66.7 Å². The van der Waals surface area contributed by atoms with Gasteiger partial charge in [0.05, 0.1) is 18.5 Å². The van der Waals surface area contributed by atoms with E-state index in [0.29, 0.717) is 0 Å². The molecule has 4 heteroatoms. The number of ether oxygens (including phenoxy) is 1. The molecule has 0 aliphatic carbocycles. The SMILES string of the molecule is COc1ccc(/C(Cc2ccccc2)=N/Nc2ccccc2Br)cc1. The van der Waals surface area contributed by atoms with E-state index in [0.717, 1.165) is 33.6 Å². The molecule has 0 aliphatic rings. The third-order valence-electron chi connectivity index (χ3n) is 3.82. The first-order valence-electron chi connectivity index (χ1n) is 8.02. The Labute approximate surface area is 156 Å². The van der Waals surface area contributed by atoms with Gasteiger partial charge in [0.25, 0.3) is 0 Å². The minimum atomic E-state index is 0.741. The number of para-hydroxylation sites is 1. The molecule has 0 aliphatic heterocycles. The fourth-order valence-corrected chi connectivity index (χ4v) is 2.83. The fraction of sp³-hybridized carbons (Fsp3) is 0.0952. The second kappa shape index (κ2) is 8.49. The van der Waals surface area contributed by atoms with Crippen LogP contribution in [-0.2, 0) is 6.42 Å². The number of rotatable bonds is 6. The molecule has 1 N–H and O–H groups in total. The number of nitrogens with one attached hydrogen (secondary N) is 1. The predicted octanol–water partition coefficient (Wildman–Crippen LogP) is 5.52. The van der Waals surface area contributed by atoms with Crippen molar-refractivity contribution in [2.75, 3.05) is 12.5 Å². The quantitative estimate of drug-likeness (QED) is 0.441. The maximum Gasteiger partial charge on any atom is 0.118 e. The van der Waals surface area contributed by atoms with Crippen molar-refractivity contribution in [2.45, 2.75) is 6.42 Å². The highest BCUT2D eigenvalue weighted by molar-refractivity contribution is 9.10. The van der Waals surface area contributed by atoms with Crippen LogP contribution < -0.4 is 10.2 Å². The van der Waals surface area contributed by atoms with E-state index in [1.54, 1.807) is 7.11 Å². The van der Waals surface area contributed by atoms with Crippen LogP contribution in [0.3, 0.4) is 0 Å². The summed E-state index contributed by atoms with van der Waals surface area (Å²) < 4.78 is 6.23. The van der Waals surface area contributed by atoms with Crippen molar-refractivity contribution in [3.05, 3.63) is 94.5 Å². The summed E-state index contributed by atoms with van der Waals surface area (Å²) in [5.41, 5.74) is 7.34. The van der Waals surface area contributed by atoms with Crippen LogP contribution in [0.1, 0.15) is 11.1 Å². The largest absolute Gasteiger partial charge is 0.497 e. The Morgan fingerprint density at radius 3 is 2.28 bits per heavy atom. The third-order valence-corrected chi connectivity index (χ3v) is 4.51. The average molecular weight is 395 g/mol. The fourth-order valence-electron chi connectivity index (χ4n) is 2.46. The van der Waals surface area contributed by atoms with Gasteiger partial charge in [0.1, 0.15) is 5.75 Å². The molecule has 0 saturated heterocycles. The molecule has 0 bridgehead atoms. The van der Waals surface area contributed by atoms with Crippen molar-refractivity contribution in [2.24, 2.45) is 5.10 Å². The Hall–Kier alpha value is -2.59. The van der Waals surface area contributed by atoms with E-state index in [2.05, 4.69) is 38.6 Å². The molecule has 3 nitrogen and oxygen atoms in total. The first-order valence-corrected chi connectivity index (χ1v) is 8.81. The lowest BCUT2D eigenvalue weighted by atomic mass is 10.0. The first kappa shape index (κ1) is 17.2. The summed E-state index contributed by atoms with van der Waals surface area (Å²) in [4.78, 5) is 0. The Morgan fingerprint density at radius 1 is 0.920 bits per heavy atom. The highest BCUT2D eigenvalue weighted by atomic mass is 79.9. The van der Waals surface area contributed by atoms with Gasteiger partial charge in [0, 0.05) is 10.9 Å². The molecule has 0 spiro atoms. The molecule has 0 amide bonds. The monoisotopic (exact) mass is 394 g/mol. The summed E-state index contributed by atoms with van der Waals surface area (Å²) in [5.74, 6) is 0.835. The molecule has 0 fully saturated rings. The second-order valence-corrected chi connectivity index (χ2v) is 6.40. The summed E-state index contributed by atoms with van der Waals surface area (Å²) in [5, 5.41) is 4.67. The number of anilines is 1. The van der Waals surface area contributed by atoms with Gasteiger partial charge in [0.15, 0.2) is 0 Å². The van der Waals surface area contributed by atoms with Gasteiger partial charge in [-0.1, -0.05) is 42.5 Å². The maximum absolute atomic E-state index is 5.25. The summed E-state index contributed by atoms with van der Waals surface area (Å²) in [6.45, 7) is 0. The van der Waals surface area contributed by atoms with Gasteiger partial charge in [-0.25, -0.2) is 0 Å². The van der Waals surface area contributed by atoms with Gasteiger partial charge >= 0.3 is 0 Å².